The Morgan fingerprint density at radius 3 is 2.23 bits per heavy atom. The van der Waals surface area contributed by atoms with Crippen LogP contribution in [0.25, 0.3) is 0 Å². The first-order valence-corrected chi connectivity index (χ1v) is 10.5. The Kier molecular flexibility index (Phi) is 8.62. The standard InChI is InChI=1S/C22H35N3O5/c1-7-8-9-23-21(26)17-13-25(22(27)24-14(2)3)12-16(17)15-10-18(28-4)20(30-6)19(11-15)29-5/h10-11,14,16-17H,7-9,12-13H2,1-6H3,(H,23,26)(H,24,27)/t16-,17-/m1/s1. The zero-order valence-electron chi connectivity index (χ0n) is 18.9. The predicted octanol–water partition coefficient (Wildman–Crippen LogP) is 2.76. The molecule has 1 fully saturated rings. The van der Waals surface area contributed by atoms with Crippen LogP contribution in [-0.2, 0) is 4.79 Å². The van der Waals surface area contributed by atoms with Crippen molar-refractivity contribution in [2.24, 2.45) is 5.92 Å². The molecule has 3 amide bonds. The number of ether oxygens (including phenoxy) is 3. The topological polar surface area (TPSA) is 89.1 Å². The van der Waals surface area contributed by atoms with Crippen LogP contribution in [0.1, 0.15) is 45.1 Å². The first-order chi connectivity index (χ1) is 14.4. The van der Waals surface area contributed by atoms with Crippen LogP contribution in [0.5, 0.6) is 17.2 Å². The lowest BCUT2D eigenvalue weighted by Gasteiger charge is -2.21. The van der Waals surface area contributed by atoms with Gasteiger partial charge in [0.15, 0.2) is 11.5 Å². The number of carbonyl (C=O) groups excluding carboxylic acids is 2. The second kappa shape index (κ2) is 10.9. The van der Waals surface area contributed by atoms with E-state index in [2.05, 4.69) is 17.6 Å². The van der Waals surface area contributed by atoms with Crippen molar-refractivity contribution in [1.29, 1.82) is 0 Å². The quantitative estimate of drug-likeness (QED) is 0.599. The number of rotatable bonds is 9. The summed E-state index contributed by atoms with van der Waals surface area (Å²) in [6.07, 6.45) is 1.93. The Hall–Kier alpha value is -2.64. The largest absolute Gasteiger partial charge is 0.493 e. The monoisotopic (exact) mass is 421 g/mol. The van der Waals surface area contributed by atoms with Gasteiger partial charge in [0.1, 0.15) is 0 Å². The molecular weight excluding hydrogens is 386 g/mol. The molecule has 0 saturated carbocycles. The van der Waals surface area contributed by atoms with E-state index < -0.39 is 0 Å². The normalized spacial score (nSPS) is 18.3. The molecule has 0 radical (unpaired) electrons. The van der Waals surface area contributed by atoms with Gasteiger partial charge in [-0.1, -0.05) is 13.3 Å². The highest BCUT2D eigenvalue weighted by Gasteiger charge is 2.41. The van der Waals surface area contributed by atoms with Gasteiger partial charge in [0, 0.05) is 31.6 Å². The molecule has 1 saturated heterocycles. The molecule has 30 heavy (non-hydrogen) atoms. The van der Waals surface area contributed by atoms with Crippen molar-refractivity contribution in [3.8, 4) is 17.2 Å². The molecule has 2 rings (SSSR count). The fourth-order valence-electron chi connectivity index (χ4n) is 3.75. The van der Waals surface area contributed by atoms with Crippen LogP contribution in [0.15, 0.2) is 12.1 Å². The number of carbonyl (C=O) groups is 2. The fourth-order valence-corrected chi connectivity index (χ4v) is 3.75. The highest BCUT2D eigenvalue weighted by Crippen LogP contribution is 2.43. The summed E-state index contributed by atoms with van der Waals surface area (Å²) < 4.78 is 16.4. The lowest BCUT2D eigenvalue weighted by molar-refractivity contribution is -0.124. The molecule has 1 aromatic carbocycles. The molecule has 168 valence electrons. The van der Waals surface area contributed by atoms with Gasteiger partial charge in [0.2, 0.25) is 11.7 Å². The summed E-state index contributed by atoms with van der Waals surface area (Å²) in [4.78, 5) is 27.3. The summed E-state index contributed by atoms with van der Waals surface area (Å²) >= 11 is 0. The molecule has 2 N–H and O–H groups in total. The zero-order chi connectivity index (χ0) is 22.3. The maximum Gasteiger partial charge on any atom is 0.317 e. The maximum absolute atomic E-state index is 13.0. The zero-order valence-corrected chi connectivity index (χ0v) is 18.9. The average molecular weight is 422 g/mol. The SMILES string of the molecule is CCCCNC(=O)[C@@H]1CN(C(=O)NC(C)C)C[C@@H]1c1cc(OC)c(OC)c(OC)c1. The number of benzene rings is 1. The molecule has 1 aliphatic rings. The van der Waals surface area contributed by atoms with Gasteiger partial charge in [-0.2, -0.15) is 0 Å². The van der Waals surface area contributed by atoms with Gasteiger partial charge in [-0.3, -0.25) is 4.79 Å². The summed E-state index contributed by atoms with van der Waals surface area (Å²) in [6.45, 7) is 7.34. The van der Waals surface area contributed by atoms with E-state index in [-0.39, 0.29) is 29.8 Å². The minimum Gasteiger partial charge on any atom is -0.493 e. The molecule has 1 heterocycles. The van der Waals surface area contributed by atoms with E-state index in [1.54, 1.807) is 26.2 Å². The van der Waals surface area contributed by atoms with Crippen molar-refractivity contribution in [2.45, 2.75) is 45.6 Å². The minimum atomic E-state index is -0.359. The molecule has 0 aliphatic carbocycles. The maximum atomic E-state index is 13.0. The second-order valence-corrected chi connectivity index (χ2v) is 7.83. The minimum absolute atomic E-state index is 0.0227. The van der Waals surface area contributed by atoms with E-state index in [0.717, 1.165) is 18.4 Å². The Morgan fingerprint density at radius 2 is 1.73 bits per heavy atom. The van der Waals surface area contributed by atoms with E-state index in [9.17, 15) is 9.59 Å². The van der Waals surface area contributed by atoms with Gasteiger partial charge in [-0.25, -0.2) is 4.79 Å². The summed E-state index contributed by atoms with van der Waals surface area (Å²) in [5.41, 5.74) is 0.875. The molecule has 8 heteroatoms. The number of unbranched alkanes of at least 4 members (excludes halogenated alkanes) is 1. The molecular formula is C22H35N3O5. The molecule has 0 bridgehead atoms. The number of amides is 3. The van der Waals surface area contributed by atoms with Crippen LogP contribution in [0.4, 0.5) is 4.79 Å². The molecule has 1 aromatic rings. The molecule has 0 unspecified atom stereocenters. The van der Waals surface area contributed by atoms with E-state index in [0.29, 0.717) is 36.9 Å². The third kappa shape index (κ3) is 5.49. The molecule has 0 spiro atoms. The number of likely N-dealkylation sites (tertiary alicyclic amines) is 1. The van der Waals surface area contributed by atoms with Gasteiger partial charge in [-0.15, -0.1) is 0 Å². The van der Waals surface area contributed by atoms with Crippen LogP contribution in [0, 0.1) is 5.92 Å². The number of nitrogens with zero attached hydrogens (tertiary/aromatic N) is 1. The average Bonchev–Trinajstić information content (AvgIpc) is 3.18. The summed E-state index contributed by atoms with van der Waals surface area (Å²) in [6, 6.07) is 3.59. The lowest BCUT2D eigenvalue weighted by atomic mass is 9.88. The van der Waals surface area contributed by atoms with Gasteiger partial charge < -0.3 is 29.7 Å². The first-order valence-electron chi connectivity index (χ1n) is 10.5. The Morgan fingerprint density at radius 1 is 1.10 bits per heavy atom. The Labute approximate surface area is 179 Å². The van der Waals surface area contributed by atoms with E-state index in [1.165, 1.54) is 0 Å². The van der Waals surface area contributed by atoms with Gasteiger partial charge in [0.05, 0.1) is 27.2 Å². The first kappa shape index (κ1) is 23.6. The third-order valence-electron chi connectivity index (χ3n) is 5.30. The second-order valence-electron chi connectivity index (χ2n) is 7.83. The highest BCUT2D eigenvalue weighted by atomic mass is 16.5. The third-order valence-corrected chi connectivity index (χ3v) is 5.30. The number of methoxy groups -OCH3 is 3. The van der Waals surface area contributed by atoms with Gasteiger partial charge in [-0.05, 0) is 38.0 Å². The molecule has 0 aromatic heterocycles. The number of urea groups is 1. The van der Waals surface area contributed by atoms with Crippen molar-refractivity contribution in [2.75, 3.05) is 41.0 Å². The van der Waals surface area contributed by atoms with Gasteiger partial charge in [0.25, 0.3) is 0 Å². The lowest BCUT2D eigenvalue weighted by Crippen LogP contribution is -2.42. The van der Waals surface area contributed by atoms with Crippen LogP contribution in [0.3, 0.4) is 0 Å². The summed E-state index contributed by atoms with van der Waals surface area (Å²) in [5.74, 6) is 0.979. The summed E-state index contributed by atoms with van der Waals surface area (Å²) in [5, 5.41) is 5.94. The van der Waals surface area contributed by atoms with Crippen LogP contribution >= 0.6 is 0 Å². The van der Waals surface area contributed by atoms with E-state index in [1.807, 2.05) is 26.0 Å². The van der Waals surface area contributed by atoms with E-state index >= 15 is 0 Å². The highest BCUT2D eigenvalue weighted by molar-refractivity contribution is 5.83. The predicted molar refractivity (Wildman–Crippen MR) is 115 cm³/mol. The summed E-state index contributed by atoms with van der Waals surface area (Å²) in [7, 11) is 4.68. The Balaban J connectivity index is 2.37. The van der Waals surface area contributed by atoms with Crippen molar-refractivity contribution in [3.63, 3.8) is 0 Å². The number of hydrogen-bond acceptors (Lipinski definition) is 5. The Bertz CT molecular complexity index is 712. The number of hydrogen-bond donors (Lipinski definition) is 2. The fraction of sp³-hybridized carbons (Fsp3) is 0.636. The molecule has 8 nitrogen and oxygen atoms in total. The number of nitrogens with one attached hydrogen (secondary N) is 2. The van der Waals surface area contributed by atoms with Crippen molar-refractivity contribution in [3.05, 3.63) is 17.7 Å². The van der Waals surface area contributed by atoms with Crippen molar-refractivity contribution < 1.29 is 23.8 Å². The molecule has 2 atom stereocenters. The van der Waals surface area contributed by atoms with Crippen LogP contribution in [-0.4, -0.2) is 63.8 Å². The van der Waals surface area contributed by atoms with Crippen LogP contribution < -0.4 is 24.8 Å². The molecule has 1 aliphatic heterocycles. The van der Waals surface area contributed by atoms with Gasteiger partial charge >= 0.3 is 6.03 Å². The van der Waals surface area contributed by atoms with Crippen molar-refractivity contribution >= 4 is 11.9 Å². The van der Waals surface area contributed by atoms with E-state index in [4.69, 9.17) is 14.2 Å². The smallest absolute Gasteiger partial charge is 0.317 e. The van der Waals surface area contributed by atoms with Crippen LogP contribution in [0.2, 0.25) is 0 Å². The van der Waals surface area contributed by atoms with Crippen molar-refractivity contribution in [1.82, 2.24) is 15.5 Å².